The number of phenolic OH excluding ortho intramolecular Hbond substituents is 2. The van der Waals surface area contributed by atoms with Gasteiger partial charge in [0.05, 0.1) is 0 Å². The molecule has 0 bridgehead atoms. The van der Waals surface area contributed by atoms with Crippen molar-refractivity contribution in [3.8, 4) is 11.5 Å². The Morgan fingerprint density at radius 2 is 1.05 bits per heavy atom. The third kappa shape index (κ3) is 7.91. The molecule has 0 amide bonds. The Morgan fingerprint density at radius 1 is 0.683 bits per heavy atom. The summed E-state index contributed by atoms with van der Waals surface area (Å²) in [4.78, 5) is 0. The number of phenols is 2. The minimum absolute atomic E-state index is 0.0409. The molecule has 1 aliphatic heterocycles. The van der Waals surface area contributed by atoms with Crippen molar-refractivity contribution in [2.45, 2.75) is 126 Å². The maximum absolute atomic E-state index is 11.4. The molecular weight excluding hydrogens is 576 g/mol. The average molecular weight is 629 g/mol. The zero-order valence-corrected chi connectivity index (χ0v) is 29.5. The second-order valence-electron chi connectivity index (χ2n) is 14.1. The van der Waals surface area contributed by atoms with Gasteiger partial charge in [0, 0.05) is 0 Å². The summed E-state index contributed by atoms with van der Waals surface area (Å²) < 4.78 is 0. The van der Waals surface area contributed by atoms with E-state index in [2.05, 4.69) is 79.0 Å². The monoisotopic (exact) mass is 628 g/mol. The van der Waals surface area contributed by atoms with Crippen LogP contribution in [-0.4, -0.2) is 20.7 Å². The normalized spacial score (nSPS) is 23.1. The van der Waals surface area contributed by atoms with Crippen molar-refractivity contribution in [2.75, 3.05) is 0 Å². The molecule has 41 heavy (non-hydrogen) atoms. The third-order valence-corrected chi connectivity index (χ3v) is 24.6. The molecule has 2 N–H and O–H groups in total. The summed E-state index contributed by atoms with van der Waals surface area (Å²) in [6.07, 6.45) is 13.3. The van der Waals surface area contributed by atoms with E-state index in [0.29, 0.717) is 40.3 Å². The Balaban J connectivity index is 1.81. The molecule has 2 aromatic carbocycles. The number of allylic oxidation sites excluding steroid dienone is 2. The molecule has 2 aliphatic rings. The third-order valence-electron chi connectivity index (χ3n) is 8.71. The summed E-state index contributed by atoms with van der Waals surface area (Å²) in [6, 6.07) is 9.03. The van der Waals surface area contributed by atoms with Gasteiger partial charge in [-0.3, -0.25) is 0 Å². The molecule has 1 heterocycles. The first-order valence-corrected chi connectivity index (χ1v) is 22.1. The van der Waals surface area contributed by atoms with Crippen LogP contribution in [0.5, 0.6) is 11.5 Å². The zero-order valence-electron chi connectivity index (χ0n) is 26.3. The van der Waals surface area contributed by atoms with E-state index in [4.69, 9.17) is 0 Å². The molecule has 1 fully saturated rings. The number of fused-ring (bicyclic) bond motifs is 1. The van der Waals surface area contributed by atoms with Gasteiger partial charge in [0.15, 0.2) is 0 Å². The van der Waals surface area contributed by atoms with Crippen LogP contribution in [0.15, 0.2) is 49.6 Å². The van der Waals surface area contributed by atoms with Gasteiger partial charge >= 0.3 is 262 Å². The Labute approximate surface area is 260 Å². The minimum atomic E-state index is -0.241. The molecule has 5 heteroatoms. The second-order valence-corrected chi connectivity index (χ2v) is 25.5. The van der Waals surface area contributed by atoms with Gasteiger partial charge in [-0.05, 0) is 0 Å². The van der Waals surface area contributed by atoms with Gasteiger partial charge in [-0.15, -0.1) is 0 Å². The molecule has 0 saturated heterocycles. The summed E-state index contributed by atoms with van der Waals surface area (Å²) >= 11 is -0.241. The van der Waals surface area contributed by atoms with Crippen LogP contribution in [0.3, 0.4) is 0 Å². The van der Waals surface area contributed by atoms with Crippen molar-refractivity contribution >= 4 is 15.9 Å². The van der Waals surface area contributed by atoms with Crippen LogP contribution in [-0.2, 0) is 50.6 Å². The molecule has 2 nitrogen and oxygen atoms in total. The molecule has 2 aromatic rings. The Kier molecular flexibility index (Phi) is 11.0. The first-order valence-electron chi connectivity index (χ1n) is 15.4. The fourth-order valence-corrected chi connectivity index (χ4v) is 27.0. The molecule has 4 rings (SSSR count). The quantitative estimate of drug-likeness (QED) is 0.226. The zero-order chi connectivity index (χ0) is 29.9. The van der Waals surface area contributed by atoms with E-state index in [0.717, 1.165) is 33.1 Å². The molecule has 224 valence electrons. The van der Waals surface area contributed by atoms with Crippen LogP contribution in [0, 0.1) is 0 Å². The molecule has 1 aliphatic carbocycles. The Bertz CT molecular complexity index is 1270. The van der Waals surface area contributed by atoms with Gasteiger partial charge in [0.2, 0.25) is 0 Å². The van der Waals surface area contributed by atoms with E-state index in [1.54, 1.807) is 0 Å². The molecule has 0 spiro atoms. The summed E-state index contributed by atoms with van der Waals surface area (Å²) in [7, 11) is 0.682. The number of hydrogen-bond acceptors (Lipinski definition) is 2. The number of rotatable bonds is 8. The van der Waals surface area contributed by atoms with Crippen LogP contribution in [0.25, 0.3) is 0 Å². The first-order chi connectivity index (χ1) is 19.3. The first kappa shape index (κ1) is 32.8. The van der Waals surface area contributed by atoms with E-state index in [9.17, 15) is 10.2 Å². The van der Waals surface area contributed by atoms with Crippen molar-refractivity contribution in [3.63, 3.8) is 0 Å². The fourth-order valence-electron chi connectivity index (χ4n) is 6.16. The maximum atomic E-state index is 11.4. The van der Waals surface area contributed by atoms with Crippen molar-refractivity contribution in [3.05, 3.63) is 83.0 Å². The van der Waals surface area contributed by atoms with Crippen LogP contribution >= 0.6 is 15.9 Å². The molecule has 3 unspecified atom stereocenters. The van der Waals surface area contributed by atoms with Crippen molar-refractivity contribution < 1.29 is 25.7 Å². The SMILES string of the molecule is C=CCc1cc(C(C)(C)C)cc(C[S]2=[Ti]=[S](Cc3cc(C(C)(C)C)cc(CC=C)c3O)[C@H]3CCCCCCC32)c1O. The van der Waals surface area contributed by atoms with E-state index in [-0.39, 0.29) is 26.3 Å². The molecular formula is C36H52O2S2Ti. The Hall–Kier alpha value is -1.07. The average Bonchev–Trinajstić information content (AvgIpc) is 3.16. The van der Waals surface area contributed by atoms with Crippen LogP contribution < -0.4 is 0 Å². The van der Waals surface area contributed by atoms with E-state index in [1.807, 2.05) is 12.2 Å². The fraction of sp³-hybridized carbons (Fsp3) is 0.556. The standard InChI is InChI=1S/C36H52O2S2.Ti/c1-9-15-25-19-29(35(3,4)5)21-27(33(25)37)23-39-31-17-13-11-12-14-18-32(31)40-24-28-22-30(36(6,7)8)20-26(16-10-2)34(28)38;/h9-10,19-22,31-32,37-38H,1-2,11-18,23-24H2,3-8H3;/t31-,32?;/m0./s1. The van der Waals surface area contributed by atoms with Gasteiger partial charge in [-0.25, -0.2) is 0 Å². The van der Waals surface area contributed by atoms with E-state index in [1.165, 1.54) is 60.8 Å². The van der Waals surface area contributed by atoms with Crippen molar-refractivity contribution in [1.82, 2.24) is 0 Å². The summed E-state index contributed by atoms with van der Waals surface area (Å²) in [5.74, 6) is 3.08. The van der Waals surface area contributed by atoms with Crippen LogP contribution in [0.1, 0.15) is 113 Å². The van der Waals surface area contributed by atoms with Gasteiger partial charge in [0.25, 0.3) is 0 Å². The van der Waals surface area contributed by atoms with Gasteiger partial charge < -0.3 is 0 Å². The van der Waals surface area contributed by atoms with Gasteiger partial charge in [-0.1, -0.05) is 0 Å². The summed E-state index contributed by atoms with van der Waals surface area (Å²) in [6.45, 7) is 21.6. The van der Waals surface area contributed by atoms with Crippen LogP contribution in [0.2, 0.25) is 0 Å². The Morgan fingerprint density at radius 3 is 1.39 bits per heavy atom. The molecule has 0 aromatic heterocycles. The predicted octanol–water partition coefficient (Wildman–Crippen LogP) is 10.4. The summed E-state index contributed by atoms with van der Waals surface area (Å²) in [5.41, 5.74) is 7.10. The van der Waals surface area contributed by atoms with Crippen molar-refractivity contribution in [1.29, 1.82) is 0 Å². The second kappa shape index (κ2) is 13.7. The molecule has 4 atom stereocenters. The summed E-state index contributed by atoms with van der Waals surface area (Å²) in [5, 5.41) is 24.4. The van der Waals surface area contributed by atoms with Gasteiger partial charge in [-0.2, -0.15) is 0 Å². The van der Waals surface area contributed by atoms with Crippen molar-refractivity contribution in [2.24, 2.45) is 0 Å². The molecule has 0 radical (unpaired) electrons. The van der Waals surface area contributed by atoms with E-state index < -0.39 is 0 Å². The number of hydrogen-bond donors (Lipinski definition) is 2. The molecule has 1 saturated carbocycles. The van der Waals surface area contributed by atoms with Gasteiger partial charge in [0.1, 0.15) is 0 Å². The van der Waals surface area contributed by atoms with E-state index >= 15 is 0 Å². The topological polar surface area (TPSA) is 40.5 Å². The number of benzene rings is 2. The number of aromatic hydroxyl groups is 2. The van der Waals surface area contributed by atoms with Crippen LogP contribution in [0.4, 0.5) is 0 Å². The predicted molar refractivity (Wildman–Crippen MR) is 179 cm³/mol.